The van der Waals surface area contributed by atoms with E-state index in [1.54, 1.807) is 12.1 Å². The SMILES string of the molecule is CCOc1c2cccc1C2=O.O=C(c1cccc(C(=O)P(=O)(O)O)c1)P(=O)(O)O. The zero-order chi connectivity index (χ0) is 22.0. The Balaban J connectivity index is 0.000000230. The summed E-state index contributed by atoms with van der Waals surface area (Å²) in [6.45, 7) is 2.54. The van der Waals surface area contributed by atoms with Crippen molar-refractivity contribution >= 4 is 32.0 Å². The number of hydrogen-bond acceptors (Lipinski definition) is 6. The molecule has 0 heterocycles. The first kappa shape index (κ1) is 22.8. The lowest BCUT2D eigenvalue weighted by molar-refractivity contribution is 0.100. The molecule has 0 saturated heterocycles. The van der Waals surface area contributed by atoms with Crippen LogP contribution in [0.3, 0.4) is 0 Å². The molecule has 0 saturated carbocycles. The average molecular weight is 442 g/mol. The maximum atomic E-state index is 11.2. The van der Waals surface area contributed by atoms with E-state index >= 15 is 0 Å². The lowest BCUT2D eigenvalue weighted by Gasteiger charge is -2.20. The highest BCUT2D eigenvalue weighted by Gasteiger charge is 2.31. The third-order valence-corrected chi connectivity index (χ3v) is 5.25. The van der Waals surface area contributed by atoms with Crippen LogP contribution in [0.2, 0.25) is 0 Å². The van der Waals surface area contributed by atoms with Crippen molar-refractivity contribution in [3.63, 3.8) is 0 Å². The van der Waals surface area contributed by atoms with Gasteiger partial charge in [-0.15, -0.1) is 0 Å². The summed E-state index contributed by atoms with van der Waals surface area (Å²) in [7, 11) is -10.0. The lowest BCUT2D eigenvalue weighted by atomic mass is 9.89. The van der Waals surface area contributed by atoms with E-state index in [2.05, 4.69) is 0 Å². The van der Waals surface area contributed by atoms with Crippen molar-refractivity contribution in [1.29, 1.82) is 0 Å². The molecule has 29 heavy (non-hydrogen) atoms. The molecule has 0 fully saturated rings. The fourth-order valence-electron chi connectivity index (χ4n) is 2.40. The summed E-state index contributed by atoms with van der Waals surface area (Å²) in [6, 6.07) is 9.32. The van der Waals surface area contributed by atoms with Crippen LogP contribution in [0.5, 0.6) is 5.75 Å². The third kappa shape index (κ3) is 5.13. The normalized spacial score (nSPS) is 12.4. The molecule has 154 valence electrons. The van der Waals surface area contributed by atoms with E-state index in [0.29, 0.717) is 6.61 Å². The zero-order valence-corrected chi connectivity index (χ0v) is 16.7. The molecular formula is C17H16O10P2. The van der Waals surface area contributed by atoms with E-state index in [4.69, 9.17) is 24.3 Å². The molecule has 2 aliphatic rings. The molecule has 2 bridgehead atoms. The minimum absolute atomic E-state index is 0.121. The maximum Gasteiger partial charge on any atom is 0.396 e. The van der Waals surface area contributed by atoms with Crippen LogP contribution in [0, 0.1) is 0 Å². The van der Waals surface area contributed by atoms with Crippen LogP contribution in [0.25, 0.3) is 0 Å². The molecule has 4 rings (SSSR count). The van der Waals surface area contributed by atoms with Gasteiger partial charge in [0.2, 0.25) is 5.78 Å². The van der Waals surface area contributed by atoms with Crippen molar-refractivity contribution in [3.8, 4) is 5.75 Å². The Labute approximate surface area is 164 Å². The second-order valence-corrected chi connectivity index (χ2v) is 8.71. The summed E-state index contributed by atoms with van der Waals surface area (Å²) >= 11 is 0. The van der Waals surface area contributed by atoms with E-state index in [1.165, 1.54) is 0 Å². The summed E-state index contributed by atoms with van der Waals surface area (Å²) in [6.07, 6.45) is 0. The first-order valence-electron chi connectivity index (χ1n) is 7.99. The summed E-state index contributed by atoms with van der Waals surface area (Å²) in [4.78, 5) is 68.1. The molecule has 0 spiro atoms. The van der Waals surface area contributed by atoms with Crippen molar-refractivity contribution in [2.45, 2.75) is 6.92 Å². The molecule has 0 amide bonds. The summed E-state index contributed by atoms with van der Waals surface area (Å²) in [5, 5.41) is 0. The zero-order valence-electron chi connectivity index (χ0n) is 14.9. The molecule has 0 atom stereocenters. The van der Waals surface area contributed by atoms with Gasteiger partial charge < -0.3 is 24.3 Å². The van der Waals surface area contributed by atoms with Gasteiger partial charge in [-0.2, -0.15) is 0 Å². The van der Waals surface area contributed by atoms with Crippen LogP contribution in [0.4, 0.5) is 0 Å². The van der Waals surface area contributed by atoms with Gasteiger partial charge in [0, 0.05) is 11.1 Å². The number of fused-ring (bicyclic) bond motifs is 2. The smallest absolute Gasteiger partial charge is 0.396 e. The predicted octanol–water partition coefficient (Wildman–Crippen LogP) is 1.95. The summed E-state index contributed by atoms with van der Waals surface area (Å²) < 4.78 is 26.7. The van der Waals surface area contributed by atoms with E-state index < -0.39 is 37.4 Å². The van der Waals surface area contributed by atoms with Crippen LogP contribution in [-0.4, -0.2) is 43.0 Å². The van der Waals surface area contributed by atoms with E-state index in [0.717, 1.165) is 41.1 Å². The Morgan fingerprint density at radius 1 is 0.862 bits per heavy atom. The van der Waals surface area contributed by atoms with E-state index in [9.17, 15) is 23.5 Å². The van der Waals surface area contributed by atoms with Crippen LogP contribution in [0.15, 0.2) is 42.5 Å². The number of ketones is 1. The molecule has 0 aromatic heterocycles. The first-order valence-corrected chi connectivity index (χ1v) is 11.2. The number of carbonyl (C=O) groups excluding carboxylic acids is 3. The highest BCUT2D eigenvalue weighted by Crippen LogP contribution is 2.41. The van der Waals surface area contributed by atoms with E-state index in [-0.39, 0.29) is 5.78 Å². The minimum Gasteiger partial charge on any atom is -0.492 e. The van der Waals surface area contributed by atoms with Crippen molar-refractivity contribution in [1.82, 2.24) is 0 Å². The molecular weight excluding hydrogens is 426 g/mol. The molecule has 10 nitrogen and oxygen atoms in total. The number of rotatable bonds is 6. The van der Waals surface area contributed by atoms with Crippen molar-refractivity contribution in [3.05, 3.63) is 64.7 Å². The van der Waals surface area contributed by atoms with Gasteiger partial charge in [0.05, 0.1) is 17.7 Å². The van der Waals surface area contributed by atoms with Gasteiger partial charge in [-0.1, -0.05) is 24.3 Å². The largest absolute Gasteiger partial charge is 0.492 e. The van der Waals surface area contributed by atoms with Gasteiger partial charge in [-0.25, -0.2) is 0 Å². The Morgan fingerprint density at radius 3 is 1.62 bits per heavy atom. The highest BCUT2D eigenvalue weighted by atomic mass is 31.2. The van der Waals surface area contributed by atoms with Gasteiger partial charge in [0.15, 0.2) is 0 Å². The van der Waals surface area contributed by atoms with Crippen molar-refractivity contribution in [2.24, 2.45) is 0 Å². The topological polar surface area (TPSA) is 176 Å². The number of ether oxygens (including phenoxy) is 1. The quantitative estimate of drug-likeness (QED) is 0.413. The third-order valence-electron chi connectivity index (χ3n) is 3.68. The minimum atomic E-state index is -5.01. The number of benzene rings is 2. The number of carbonyl (C=O) groups is 3. The monoisotopic (exact) mass is 442 g/mol. The summed E-state index contributed by atoms with van der Waals surface area (Å²) in [5.41, 5.74) is -2.59. The van der Waals surface area contributed by atoms with Crippen LogP contribution >= 0.6 is 15.2 Å². The second-order valence-electron chi connectivity index (χ2n) is 5.72. The lowest BCUT2D eigenvalue weighted by Crippen LogP contribution is -2.17. The Morgan fingerprint density at radius 2 is 1.28 bits per heavy atom. The molecule has 0 unspecified atom stereocenters. The van der Waals surface area contributed by atoms with Crippen molar-refractivity contribution < 1.29 is 47.8 Å². The Bertz CT molecular complexity index is 1010. The molecule has 2 aromatic rings. The molecule has 12 heteroatoms. The van der Waals surface area contributed by atoms with Gasteiger partial charge in [-0.05, 0) is 25.1 Å². The van der Waals surface area contributed by atoms with Crippen molar-refractivity contribution in [2.75, 3.05) is 6.61 Å². The Hall–Kier alpha value is -2.45. The molecule has 0 radical (unpaired) electrons. The van der Waals surface area contributed by atoms with Crippen LogP contribution in [-0.2, 0) is 9.13 Å². The average Bonchev–Trinajstić information content (AvgIpc) is 2.67. The van der Waals surface area contributed by atoms with Crippen LogP contribution in [0.1, 0.15) is 43.6 Å². The summed E-state index contributed by atoms with van der Waals surface area (Å²) in [5.74, 6) is 0.899. The number of hydrogen-bond donors (Lipinski definition) is 4. The van der Waals surface area contributed by atoms with E-state index in [1.807, 2.05) is 13.0 Å². The number of para-hydroxylation sites is 1. The van der Waals surface area contributed by atoms with Gasteiger partial charge in [0.25, 0.3) is 11.0 Å². The van der Waals surface area contributed by atoms with Gasteiger partial charge in [-0.3, -0.25) is 23.5 Å². The maximum absolute atomic E-state index is 11.2. The van der Waals surface area contributed by atoms with Crippen LogP contribution < -0.4 is 4.74 Å². The fraction of sp³-hybridized carbons (Fsp3) is 0.118. The second kappa shape index (κ2) is 8.51. The first-order chi connectivity index (χ1) is 13.4. The molecule has 2 aromatic carbocycles. The molecule has 4 N–H and O–H groups in total. The Kier molecular flexibility index (Phi) is 6.70. The molecule has 2 aliphatic carbocycles. The van der Waals surface area contributed by atoms with Gasteiger partial charge in [0.1, 0.15) is 5.75 Å². The van der Waals surface area contributed by atoms with Gasteiger partial charge >= 0.3 is 15.2 Å². The predicted molar refractivity (Wildman–Crippen MR) is 100 cm³/mol. The molecule has 0 aliphatic heterocycles. The fourth-order valence-corrected chi connectivity index (χ4v) is 3.35. The highest BCUT2D eigenvalue weighted by molar-refractivity contribution is 7.71. The standard InChI is InChI=1S/C9H8O2.C8H8O8P2/c1-2-11-9-6-4-3-5-7(9)8(6)10;9-7(17(11,12)13)5-2-1-3-6(4-5)8(10)18(14,15)16/h3-5H,2H2,1H3;1-4H,(H2,11,12,13)(H2,14,15,16).